The van der Waals surface area contributed by atoms with E-state index in [1.807, 2.05) is 0 Å². The molecule has 29 heavy (non-hydrogen) atoms. The third-order valence-electron chi connectivity index (χ3n) is 3.30. The van der Waals surface area contributed by atoms with E-state index >= 15 is 0 Å². The Labute approximate surface area is 158 Å². The minimum absolute atomic E-state index is 0.256. The molecule has 0 aliphatic heterocycles. The van der Waals surface area contributed by atoms with Crippen LogP contribution in [0.25, 0.3) is 0 Å². The van der Waals surface area contributed by atoms with Gasteiger partial charge >= 0.3 is 45.3 Å². The number of carbonyl (C=O) groups is 2. The van der Waals surface area contributed by atoms with Gasteiger partial charge in [0.2, 0.25) is 0 Å². The number of hydrogen-bond acceptors (Lipinski definition) is 6. The maximum atomic E-state index is 13.2. The largest absolute Gasteiger partial charge is 0.465 e. The number of ether oxygens (including phenoxy) is 2. The van der Waals surface area contributed by atoms with E-state index in [2.05, 4.69) is 16.1 Å². The fourth-order valence-electron chi connectivity index (χ4n) is 1.68. The van der Waals surface area contributed by atoms with E-state index in [0.717, 1.165) is 13.8 Å². The zero-order chi connectivity index (χ0) is 23.6. The number of hydrogen-bond donors (Lipinski definition) is 1. The van der Waals surface area contributed by atoms with Crippen LogP contribution in [-0.4, -0.2) is 54.2 Å². The SMILES string of the molecule is C=C(C)C(=O)OC(C)CCC(OC(=O)C(F)(F)S(=O)(=O)O)(C(F)(F)F)C(F)(F)F. The Morgan fingerprint density at radius 1 is 1.03 bits per heavy atom. The van der Waals surface area contributed by atoms with Crippen molar-refractivity contribution in [2.75, 3.05) is 0 Å². The molecule has 0 aromatic rings. The molecule has 1 atom stereocenters. The van der Waals surface area contributed by atoms with Crippen LogP contribution in [0.3, 0.4) is 0 Å². The molecule has 0 rings (SSSR count). The van der Waals surface area contributed by atoms with E-state index < -0.39 is 64.2 Å². The van der Waals surface area contributed by atoms with Crippen molar-refractivity contribution in [3.8, 4) is 0 Å². The van der Waals surface area contributed by atoms with Crippen LogP contribution in [0.4, 0.5) is 35.1 Å². The van der Waals surface area contributed by atoms with Crippen LogP contribution in [0.2, 0.25) is 0 Å². The van der Waals surface area contributed by atoms with Crippen molar-refractivity contribution in [2.24, 2.45) is 0 Å². The van der Waals surface area contributed by atoms with E-state index in [1.165, 1.54) is 0 Å². The topological polar surface area (TPSA) is 107 Å². The summed E-state index contributed by atoms with van der Waals surface area (Å²) in [6.07, 6.45) is -18.3. The zero-order valence-electron chi connectivity index (χ0n) is 14.5. The molecule has 1 N–H and O–H groups in total. The van der Waals surface area contributed by atoms with Crippen LogP contribution < -0.4 is 0 Å². The number of esters is 2. The lowest BCUT2D eigenvalue weighted by atomic mass is 9.94. The minimum Gasteiger partial charge on any atom is -0.459 e. The van der Waals surface area contributed by atoms with Crippen molar-refractivity contribution >= 4 is 22.1 Å². The molecular formula is C13H14F8O7S. The van der Waals surface area contributed by atoms with Gasteiger partial charge in [-0.3, -0.25) is 4.55 Å². The number of halogens is 8. The van der Waals surface area contributed by atoms with E-state index in [1.54, 1.807) is 0 Å². The molecule has 0 bridgehead atoms. The second-order valence-electron chi connectivity index (χ2n) is 5.74. The second-order valence-corrected chi connectivity index (χ2v) is 7.20. The molecular weight excluding hydrogens is 452 g/mol. The summed E-state index contributed by atoms with van der Waals surface area (Å²) in [6, 6.07) is 0. The highest BCUT2D eigenvalue weighted by Crippen LogP contribution is 2.50. The Hall–Kier alpha value is -1.97. The highest BCUT2D eigenvalue weighted by molar-refractivity contribution is 7.87. The zero-order valence-corrected chi connectivity index (χ0v) is 15.3. The van der Waals surface area contributed by atoms with Crippen LogP contribution in [0.1, 0.15) is 26.7 Å². The lowest BCUT2D eigenvalue weighted by Gasteiger charge is -2.37. The molecule has 0 aromatic heterocycles. The molecule has 7 nitrogen and oxygen atoms in total. The standard InChI is InChI=1S/C13H14F8O7S/c1-6(2)8(22)27-7(3)4-5-10(12(16,17)18,13(19,20)21)28-9(23)11(14,15)29(24,25)26/h7H,1,4-5H2,2-3H3,(H,24,25,26). The fraction of sp³-hybridized carbons (Fsp3) is 0.692. The van der Waals surface area contributed by atoms with Gasteiger partial charge in [-0.1, -0.05) is 6.58 Å². The summed E-state index contributed by atoms with van der Waals surface area (Å²) in [6.45, 7) is 5.09. The smallest absolute Gasteiger partial charge is 0.459 e. The van der Waals surface area contributed by atoms with Crippen LogP contribution in [0, 0.1) is 0 Å². The van der Waals surface area contributed by atoms with Crippen LogP contribution in [0.15, 0.2) is 12.2 Å². The van der Waals surface area contributed by atoms with Gasteiger partial charge in [0.15, 0.2) is 0 Å². The van der Waals surface area contributed by atoms with E-state index in [9.17, 15) is 53.1 Å². The summed E-state index contributed by atoms with van der Waals surface area (Å²) in [5.41, 5.74) is -5.84. The first-order valence-electron chi connectivity index (χ1n) is 7.18. The molecule has 0 saturated carbocycles. The quantitative estimate of drug-likeness (QED) is 0.254. The summed E-state index contributed by atoms with van der Waals surface area (Å²) in [4.78, 5) is 22.4. The van der Waals surface area contributed by atoms with Gasteiger partial charge in [-0.2, -0.15) is 43.5 Å². The summed E-state index contributed by atoms with van der Waals surface area (Å²) >= 11 is 0. The highest BCUT2D eigenvalue weighted by atomic mass is 32.2. The number of carbonyl (C=O) groups excluding carboxylic acids is 2. The highest BCUT2D eigenvalue weighted by Gasteiger charge is 2.75. The molecule has 0 aliphatic rings. The van der Waals surface area contributed by atoms with Gasteiger partial charge in [0.1, 0.15) is 0 Å². The van der Waals surface area contributed by atoms with Gasteiger partial charge in [0, 0.05) is 12.0 Å². The predicted octanol–water partition coefficient (Wildman–Crippen LogP) is 3.16. The normalized spacial score (nSPS) is 14.9. The molecule has 16 heteroatoms. The summed E-state index contributed by atoms with van der Waals surface area (Å²) in [5, 5.41) is -6.12. The van der Waals surface area contributed by atoms with E-state index in [0.29, 0.717) is 0 Å². The first-order valence-corrected chi connectivity index (χ1v) is 8.62. The Kier molecular flexibility index (Phi) is 7.84. The summed E-state index contributed by atoms with van der Waals surface area (Å²) in [7, 11) is -6.74. The predicted molar refractivity (Wildman–Crippen MR) is 77.0 cm³/mol. The molecule has 0 heterocycles. The average Bonchev–Trinajstić information content (AvgIpc) is 2.47. The number of rotatable bonds is 8. The van der Waals surface area contributed by atoms with E-state index in [4.69, 9.17) is 4.55 Å². The van der Waals surface area contributed by atoms with Gasteiger partial charge in [0.25, 0.3) is 0 Å². The molecule has 0 aromatic carbocycles. The second kappa shape index (κ2) is 8.41. The van der Waals surface area contributed by atoms with Crippen LogP contribution in [-0.2, 0) is 29.2 Å². The average molecular weight is 466 g/mol. The van der Waals surface area contributed by atoms with Crippen molar-refractivity contribution in [1.82, 2.24) is 0 Å². The van der Waals surface area contributed by atoms with E-state index in [-0.39, 0.29) is 5.57 Å². The molecule has 0 aliphatic carbocycles. The fourth-order valence-corrected chi connectivity index (χ4v) is 1.93. The van der Waals surface area contributed by atoms with Gasteiger partial charge < -0.3 is 9.47 Å². The maximum Gasteiger partial charge on any atom is 0.465 e. The van der Waals surface area contributed by atoms with Crippen LogP contribution >= 0.6 is 0 Å². The first kappa shape index (κ1) is 27.0. The molecule has 0 spiro atoms. The Morgan fingerprint density at radius 2 is 1.45 bits per heavy atom. The molecule has 0 saturated heterocycles. The lowest BCUT2D eigenvalue weighted by molar-refractivity contribution is -0.374. The van der Waals surface area contributed by atoms with Gasteiger partial charge in [0.05, 0.1) is 6.10 Å². The Bertz CT molecular complexity index is 740. The Morgan fingerprint density at radius 3 is 1.76 bits per heavy atom. The molecule has 0 radical (unpaired) electrons. The van der Waals surface area contributed by atoms with Crippen molar-refractivity contribution in [3.05, 3.63) is 12.2 Å². The Balaban J connectivity index is 6.03. The molecule has 0 amide bonds. The van der Waals surface area contributed by atoms with Gasteiger partial charge in [-0.25, -0.2) is 9.59 Å². The first-order chi connectivity index (χ1) is 12.6. The minimum atomic E-state index is -6.74. The van der Waals surface area contributed by atoms with Crippen molar-refractivity contribution in [2.45, 2.75) is 56.0 Å². The van der Waals surface area contributed by atoms with Crippen molar-refractivity contribution in [1.29, 1.82) is 0 Å². The van der Waals surface area contributed by atoms with Gasteiger partial charge in [-0.05, 0) is 20.3 Å². The monoisotopic (exact) mass is 466 g/mol. The van der Waals surface area contributed by atoms with Gasteiger partial charge in [-0.15, -0.1) is 0 Å². The van der Waals surface area contributed by atoms with Crippen molar-refractivity contribution < 1.29 is 67.2 Å². The summed E-state index contributed by atoms with van der Waals surface area (Å²) in [5.74, 6) is -4.99. The van der Waals surface area contributed by atoms with Crippen LogP contribution in [0.5, 0.6) is 0 Å². The third kappa shape index (κ3) is 6.01. The third-order valence-corrected chi connectivity index (χ3v) is 4.12. The molecule has 1 unspecified atom stereocenters. The molecule has 170 valence electrons. The lowest BCUT2D eigenvalue weighted by Crippen LogP contribution is -2.61. The molecule has 0 fully saturated rings. The number of alkyl halides is 8. The van der Waals surface area contributed by atoms with Crippen molar-refractivity contribution in [3.63, 3.8) is 0 Å². The maximum absolute atomic E-state index is 13.2. The summed E-state index contributed by atoms with van der Waals surface area (Å²) < 4.78 is 142.